The van der Waals surface area contributed by atoms with E-state index in [2.05, 4.69) is 5.32 Å². The zero-order valence-electron chi connectivity index (χ0n) is 19.0. The molecule has 178 valence electrons. The highest BCUT2D eigenvalue weighted by Crippen LogP contribution is 2.37. The molecule has 1 heterocycles. The highest BCUT2D eigenvalue weighted by molar-refractivity contribution is 5.94. The maximum absolute atomic E-state index is 14.3. The van der Waals surface area contributed by atoms with Crippen LogP contribution in [0.3, 0.4) is 0 Å². The number of hydrogen-bond donors (Lipinski definition) is 1. The number of amides is 2. The quantitative estimate of drug-likeness (QED) is 0.704. The second kappa shape index (κ2) is 10.3. The van der Waals surface area contributed by atoms with Crippen LogP contribution in [-0.2, 0) is 16.1 Å². The van der Waals surface area contributed by atoms with E-state index in [1.54, 1.807) is 12.1 Å². The molecule has 2 aliphatic rings. The van der Waals surface area contributed by atoms with E-state index in [1.165, 1.54) is 36.4 Å². The van der Waals surface area contributed by atoms with Crippen molar-refractivity contribution >= 4 is 11.8 Å². The molecule has 0 aromatic heterocycles. The van der Waals surface area contributed by atoms with Crippen LogP contribution in [0.1, 0.15) is 65.2 Å². The van der Waals surface area contributed by atoms with Gasteiger partial charge in [-0.15, -0.1) is 0 Å². The summed E-state index contributed by atoms with van der Waals surface area (Å²) in [6.45, 7) is 0.352. The monoisotopic (exact) mass is 467 g/mol. The molecule has 6 nitrogen and oxygen atoms in total. The SMILES string of the molecule is CNC(=O)c1ccc(F)c(CC2CCC(C(=O)N3OCC[C@H]3c3cc(F)cc(C#N)c3)CC2)c1. The van der Waals surface area contributed by atoms with Gasteiger partial charge in [0.1, 0.15) is 11.6 Å². The molecule has 2 aromatic carbocycles. The van der Waals surface area contributed by atoms with Crippen LogP contribution >= 0.6 is 0 Å². The van der Waals surface area contributed by atoms with Gasteiger partial charge in [0.15, 0.2) is 0 Å². The Bertz CT molecular complexity index is 1120. The molecule has 2 amide bonds. The average Bonchev–Trinajstić information content (AvgIpc) is 3.34. The van der Waals surface area contributed by atoms with E-state index in [0.29, 0.717) is 49.0 Å². The summed E-state index contributed by atoms with van der Waals surface area (Å²) in [7, 11) is 1.54. The van der Waals surface area contributed by atoms with E-state index >= 15 is 0 Å². The predicted molar refractivity (Wildman–Crippen MR) is 120 cm³/mol. The van der Waals surface area contributed by atoms with Gasteiger partial charge in [0, 0.05) is 24.9 Å². The predicted octanol–water partition coefficient (Wildman–Crippen LogP) is 4.45. The maximum atomic E-state index is 14.3. The standard InChI is InChI=1S/C26H27F2N3O3/c1-30-25(32)19-6-7-23(28)20(13-19)10-16-2-4-18(5-3-16)26(33)31-24(8-9-34-31)21-11-17(15-29)12-22(27)14-21/h6-7,11-14,16,18,24H,2-5,8-10H2,1H3,(H,30,32)/t16?,18?,24-/m0/s1. The Labute approximate surface area is 197 Å². The van der Waals surface area contributed by atoms with Crippen molar-refractivity contribution in [2.45, 2.75) is 44.6 Å². The molecule has 1 saturated carbocycles. The van der Waals surface area contributed by atoms with Crippen molar-refractivity contribution in [1.82, 2.24) is 10.4 Å². The average molecular weight is 468 g/mol. The smallest absolute Gasteiger partial charge is 0.251 e. The lowest BCUT2D eigenvalue weighted by atomic mass is 9.78. The molecule has 2 fully saturated rings. The molecule has 2 aromatic rings. The van der Waals surface area contributed by atoms with Crippen molar-refractivity contribution in [3.63, 3.8) is 0 Å². The van der Waals surface area contributed by atoms with Crippen LogP contribution in [-0.4, -0.2) is 30.5 Å². The Morgan fingerprint density at radius 1 is 1.12 bits per heavy atom. The molecule has 1 aliphatic heterocycles. The summed E-state index contributed by atoms with van der Waals surface area (Å²) in [5.74, 6) is -1.22. The highest BCUT2D eigenvalue weighted by Gasteiger charge is 2.37. The molecule has 1 aliphatic carbocycles. The molecule has 0 spiro atoms. The molecule has 0 unspecified atom stereocenters. The second-order valence-electron chi connectivity index (χ2n) is 8.99. The van der Waals surface area contributed by atoms with E-state index in [-0.39, 0.29) is 35.0 Å². The first-order valence-corrected chi connectivity index (χ1v) is 11.6. The number of nitrogens with one attached hydrogen (secondary N) is 1. The first-order valence-electron chi connectivity index (χ1n) is 11.6. The normalized spacial score (nSPS) is 22.3. The molecular formula is C26H27F2N3O3. The van der Waals surface area contributed by atoms with Gasteiger partial charge in [0.25, 0.3) is 5.91 Å². The van der Waals surface area contributed by atoms with Crippen molar-refractivity contribution < 1.29 is 23.2 Å². The zero-order chi connectivity index (χ0) is 24.2. The molecule has 1 atom stereocenters. The molecular weight excluding hydrogens is 440 g/mol. The van der Waals surface area contributed by atoms with Crippen molar-refractivity contribution in [2.75, 3.05) is 13.7 Å². The Balaban J connectivity index is 1.39. The third-order valence-corrected chi connectivity index (χ3v) is 6.80. The van der Waals surface area contributed by atoms with Crippen LogP contribution in [0.5, 0.6) is 0 Å². The van der Waals surface area contributed by atoms with Gasteiger partial charge in [-0.2, -0.15) is 5.26 Å². The Morgan fingerprint density at radius 3 is 2.59 bits per heavy atom. The summed E-state index contributed by atoms with van der Waals surface area (Å²) in [5.41, 5.74) is 1.71. The first-order chi connectivity index (χ1) is 16.4. The van der Waals surface area contributed by atoms with Gasteiger partial charge in [-0.25, -0.2) is 13.8 Å². The first kappa shape index (κ1) is 23.8. The lowest BCUT2D eigenvalue weighted by Crippen LogP contribution is -2.36. The third-order valence-electron chi connectivity index (χ3n) is 6.80. The molecule has 4 rings (SSSR count). The fourth-order valence-electron chi connectivity index (χ4n) is 4.98. The number of carbonyl (C=O) groups excluding carboxylic acids is 2. The lowest BCUT2D eigenvalue weighted by molar-refractivity contribution is -0.183. The molecule has 34 heavy (non-hydrogen) atoms. The molecule has 1 saturated heterocycles. The van der Waals surface area contributed by atoms with Gasteiger partial charge in [-0.1, -0.05) is 0 Å². The van der Waals surface area contributed by atoms with Crippen molar-refractivity contribution in [3.05, 3.63) is 70.3 Å². The van der Waals surface area contributed by atoms with E-state index < -0.39 is 11.9 Å². The Hall–Kier alpha value is -3.31. The topological polar surface area (TPSA) is 82.4 Å². The molecule has 1 N–H and O–H groups in total. The van der Waals surface area contributed by atoms with Crippen LogP contribution in [0.25, 0.3) is 0 Å². The Morgan fingerprint density at radius 2 is 1.88 bits per heavy atom. The third kappa shape index (κ3) is 5.10. The van der Waals surface area contributed by atoms with Gasteiger partial charge in [0.2, 0.25) is 5.91 Å². The fourth-order valence-corrected chi connectivity index (χ4v) is 4.98. The summed E-state index contributed by atoms with van der Waals surface area (Å²) >= 11 is 0. The number of halogens is 2. The van der Waals surface area contributed by atoms with Crippen molar-refractivity contribution in [1.29, 1.82) is 5.26 Å². The summed E-state index contributed by atoms with van der Waals surface area (Å²) in [6.07, 6.45) is 3.88. The minimum atomic E-state index is -0.512. The largest absolute Gasteiger partial charge is 0.355 e. The van der Waals surface area contributed by atoms with E-state index in [4.69, 9.17) is 10.1 Å². The second-order valence-corrected chi connectivity index (χ2v) is 8.99. The van der Waals surface area contributed by atoms with Crippen LogP contribution in [0.2, 0.25) is 0 Å². The number of nitrogens with zero attached hydrogens (tertiary/aromatic N) is 2. The number of hydrogen-bond acceptors (Lipinski definition) is 4. The zero-order valence-corrected chi connectivity index (χ0v) is 19.0. The van der Waals surface area contributed by atoms with Crippen LogP contribution in [0, 0.1) is 34.8 Å². The number of hydroxylamine groups is 2. The molecule has 8 heteroatoms. The minimum Gasteiger partial charge on any atom is -0.355 e. The minimum absolute atomic E-state index is 0.128. The van der Waals surface area contributed by atoms with Crippen molar-refractivity contribution in [2.24, 2.45) is 11.8 Å². The number of rotatable bonds is 5. The van der Waals surface area contributed by atoms with E-state index in [9.17, 15) is 18.4 Å². The van der Waals surface area contributed by atoms with Gasteiger partial charge in [0.05, 0.1) is 24.3 Å². The van der Waals surface area contributed by atoms with Gasteiger partial charge < -0.3 is 5.32 Å². The van der Waals surface area contributed by atoms with E-state index in [0.717, 1.165) is 12.8 Å². The molecule has 0 radical (unpaired) electrons. The van der Waals surface area contributed by atoms with Gasteiger partial charge >= 0.3 is 0 Å². The summed E-state index contributed by atoms with van der Waals surface area (Å²) in [5, 5.41) is 13.0. The number of benzene rings is 2. The number of nitriles is 1. The van der Waals surface area contributed by atoms with Crippen LogP contribution < -0.4 is 5.32 Å². The van der Waals surface area contributed by atoms with Gasteiger partial charge in [-0.05, 0) is 85.5 Å². The van der Waals surface area contributed by atoms with Gasteiger partial charge in [-0.3, -0.25) is 14.4 Å². The number of carbonyl (C=O) groups is 2. The lowest BCUT2D eigenvalue weighted by Gasteiger charge is -2.32. The molecule has 0 bridgehead atoms. The fraction of sp³-hybridized carbons (Fsp3) is 0.423. The summed E-state index contributed by atoms with van der Waals surface area (Å²) in [4.78, 5) is 30.7. The Kier molecular flexibility index (Phi) is 7.23. The van der Waals surface area contributed by atoms with Crippen LogP contribution in [0.15, 0.2) is 36.4 Å². The van der Waals surface area contributed by atoms with Crippen molar-refractivity contribution in [3.8, 4) is 6.07 Å². The summed E-state index contributed by atoms with van der Waals surface area (Å²) < 4.78 is 28.3. The van der Waals surface area contributed by atoms with E-state index in [1.807, 2.05) is 6.07 Å². The highest BCUT2D eigenvalue weighted by atomic mass is 19.1. The summed E-state index contributed by atoms with van der Waals surface area (Å²) in [6, 6.07) is 10.0. The van der Waals surface area contributed by atoms with Crippen LogP contribution in [0.4, 0.5) is 8.78 Å². The maximum Gasteiger partial charge on any atom is 0.251 e.